The Morgan fingerprint density at radius 2 is 1.74 bits per heavy atom. The number of anilines is 1. The molecule has 6 rings (SSSR count). The van der Waals surface area contributed by atoms with Crippen molar-refractivity contribution in [2.75, 3.05) is 5.32 Å². The van der Waals surface area contributed by atoms with E-state index in [0.29, 0.717) is 47.5 Å². The van der Waals surface area contributed by atoms with Gasteiger partial charge < -0.3 is 24.3 Å². The molecule has 1 amide bonds. The average molecular weight is 640 g/mol. The number of fused-ring (bicyclic) bond motifs is 2. The molecule has 46 heavy (non-hydrogen) atoms. The van der Waals surface area contributed by atoms with Gasteiger partial charge in [0.25, 0.3) is 12.3 Å². The minimum atomic E-state index is -3.80. The molecular formula is C33H29F4N3O6. The third-order valence-electron chi connectivity index (χ3n) is 7.24. The molecule has 1 unspecified atom stereocenters. The lowest BCUT2D eigenvalue weighted by molar-refractivity contribution is -0.286. The van der Waals surface area contributed by atoms with Crippen molar-refractivity contribution in [3.05, 3.63) is 94.8 Å². The van der Waals surface area contributed by atoms with Gasteiger partial charge in [0.2, 0.25) is 0 Å². The molecule has 0 spiro atoms. The van der Waals surface area contributed by atoms with E-state index in [0.717, 1.165) is 0 Å². The predicted molar refractivity (Wildman–Crippen MR) is 157 cm³/mol. The molecule has 0 saturated carbocycles. The molecule has 0 saturated heterocycles. The number of carbonyl (C=O) groups is 2. The Labute approximate surface area is 261 Å². The van der Waals surface area contributed by atoms with E-state index in [1.54, 1.807) is 57.2 Å². The van der Waals surface area contributed by atoms with Crippen molar-refractivity contribution in [1.29, 1.82) is 0 Å². The van der Waals surface area contributed by atoms with Gasteiger partial charge in [0, 0.05) is 22.9 Å². The van der Waals surface area contributed by atoms with Crippen LogP contribution in [0.25, 0.3) is 5.69 Å². The summed E-state index contributed by atoms with van der Waals surface area (Å²) < 4.78 is 77.0. The van der Waals surface area contributed by atoms with E-state index in [-0.39, 0.29) is 28.4 Å². The molecule has 3 aromatic carbocycles. The van der Waals surface area contributed by atoms with Crippen molar-refractivity contribution < 1.29 is 46.1 Å². The van der Waals surface area contributed by atoms with Crippen molar-refractivity contribution in [2.45, 2.75) is 64.5 Å². The third kappa shape index (κ3) is 6.49. The first-order chi connectivity index (χ1) is 21.8. The Morgan fingerprint density at radius 3 is 2.46 bits per heavy atom. The number of hydrogen-bond donors (Lipinski definition) is 1. The lowest BCUT2D eigenvalue weighted by Gasteiger charge is -2.26. The van der Waals surface area contributed by atoms with Crippen LogP contribution in [0.4, 0.5) is 23.2 Å². The molecule has 4 aromatic rings. The number of alkyl halides is 4. The Morgan fingerprint density at radius 1 is 1.00 bits per heavy atom. The largest absolute Gasteiger partial charge is 0.586 e. The normalized spacial score (nSPS) is 16.6. The number of amides is 1. The number of carbonyl (C=O) groups excluding carboxylic acids is 2. The monoisotopic (exact) mass is 639 g/mol. The van der Waals surface area contributed by atoms with E-state index < -0.39 is 36.3 Å². The zero-order chi connectivity index (χ0) is 32.8. The molecule has 240 valence electrons. The molecule has 0 bridgehead atoms. The highest BCUT2D eigenvalue weighted by molar-refractivity contribution is 6.04. The van der Waals surface area contributed by atoms with Crippen molar-refractivity contribution in [1.82, 2.24) is 9.78 Å². The molecule has 2 aliphatic rings. The Hall–Kier alpha value is -5.07. The minimum absolute atomic E-state index is 0.161. The van der Waals surface area contributed by atoms with Crippen molar-refractivity contribution >= 4 is 17.6 Å². The first-order valence-corrected chi connectivity index (χ1v) is 14.5. The highest BCUT2D eigenvalue weighted by Gasteiger charge is 2.43. The Kier molecular flexibility index (Phi) is 7.87. The number of aromatic nitrogens is 2. The number of rotatable bonds is 7. The molecule has 0 radical (unpaired) electrons. The molecule has 0 fully saturated rings. The van der Waals surface area contributed by atoms with Crippen LogP contribution in [0.5, 0.6) is 17.2 Å². The van der Waals surface area contributed by atoms with E-state index in [2.05, 4.69) is 19.9 Å². The van der Waals surface area contributed by atoms with E-state index in [1.807, 2.05) is 0 Å². The van der Waals surface area contributed by atoms with Crippen LogP contribution in [0.2, 0.25) is 0 Å². The van der Waals surface area contributed by atoms with Crippen molar-refractivity contribution in [3.63, 3.8) is 0 Å². The quantitative estimate of drug-likeness (QED) is 0.163. The number of benzene rings is 3. The molecule has 2 heterocycles. The van der Waals surface area contributed by atoms with Crippen LogP contribution in [0.1, 0.15) is 83.8 Å². The molecule has 1 aromatic heterocycles. The smallest absolute Gasteiger partial charge is 0.484 e. The van der Waals surface area contributed by atoms with Crippen molar-refractivity contribution in [2.24, 2.45) is 0 Å². The maximum Gasteiger partial charge on any atom is 0.586 e. The number of esters is 1. The number of nitrogens with one attached hydrogen (secondary N) is 1. The maximum atomic E-state index is 14.2. The summed E-state index contributed by atoms with van der Waals surface area (Å²) in [6.45, 7) is 5.31. The fourth-order valence-electron chi connectivity index (χ4n) is 5.34. The fraction of sp³-hybridized carbons (Fsp3) is 0.303. The maximum absolute atomic E-state index is 14.2. The van der Waals surface area contributed by atoms with Crippen LogP contribution in [0.3, 0.4) is 0 Å². The standard InChI is InChI=1S/C33H29F4N3O6/c1-32(2,3)46-31(42)18-10-13-22(14-11-18)43-25-9-5-8-23-27(29(34)35)39-40(28(23)25)21-7-4-6-19(16-21)30(41)38-20-12-15-24-26(17-20)45-33(36,37)44-24/h4,6-7,10-17,25,29H,5,8-9H2,1-3H3,(H,38,41). The van der Waals surface area contributed by atoms with E-state index in [1.165, 1.54) is 35.0 Å². The summed E-state index contributed by atoms with van der Waals surface area (Å²) in [5.74, 6) is -1.04. The highest BCUT2D eigenvalue weighted by Crippen LogP contribution is 2.43. The number of nitrogens with zero attached hydrogens (tertiary/aromatic N) is 2. The van der Waals surface area contributed by atoms with Gasteiger partial charge in [-0.25, -0.2) is 18.3 Å². The summed E-state index contributed by atoms with van der Waals surface area (Å²) in [6.07, 6.45) is -5.83. The summed E-state index contributed by atoms with van der Waals surface area (Å²) in [5, 5.41) is 6.87. The Bertz CT molecular complexity index is 1800. The van der Waals surface area contributed by atoms with Gasteiger partial charge in [0.1, 0.15) is 23.1 Å². The summed E-state index contributed by atoms with van der Waals surface area (Å²) in [5.41, 5.74) is 0.816. The number of halogens is 4. The van der Waals surface area contributed by atoms with Crippen LogP contribution in [0, 0.1) is 0 Å². The van der Waals surface area contributed by atoms with E-state index >= 15 is 0 Å². The fourth-order valence-corrected chi connectivity index (χ4v) is 5.34. The first-order valence-electron chi connectivity index (χ1n) is 14.5. The summed E-state index contributed by atoms with van der Waals surface area (Å²) in [6, 6.07) is 16.4. The summed E-state index contributed by atoms with van der Waals surface area (Å²) in [4.78, 5) is 25.6. The average Bonchev–Trinajstić information content (AvgIpc) is 3.53. The second kappa shape index (κ2) is 11.7. The van der Waals surface area contributed by atoms with Gasteiger partial charge in [0.05, 0.1) is 16.9 Å². The molecule has 9 nitrogen and oxygen atoms in total. The van der Waals surface area contributed by atoms with Gasteiger partial charge >= 0.3 is 12.3 Å². The molecule has 1 atom stereocenters. The molecular weight excluding hydrogens is 610 g/mol. The third-order valence-corrected chi connectivity index (χ3v) is 7.24. The van der Waals surface area contributed by atoms with Gasteiger partial charge in [-0.1, -0.05) is 6.07 Å². The number of hydrogen-bond acceptors (Lipinski definition) is 7. The van der Waals surface area contributed by atoms with E-state index in [4.69, 9.17) is 9.47 Å². The van der Waals surface area contributed by atoms with Crippen molar-refractivity contribution in [3.8, 4) is 22.9 Å². The van der Waals surface area contributed by atoms with Crippen LogP contribution < -0.4 is 19.5 Å². The van der Waals surface area contributed by atoms with Crippen LogP contribution >= 0.6 is 0 Å². The van der Waals surface area contributed by atoms with Gasteiger partial charge in [-0.05, 0) is 94.6 Å². The summed E-state index contributed by atoms with van der Waals surface area (Å²) >= 11 is 0. The van der Waals surface area contributed by atoms with Crippen LogP contribution in [-0.4, -0.2) is 33.6 Å². The van der Waals surface area contributed by atoms with Gasteiger partial charge in [-0.2, -0.15) is 5.10 Å². The highest BCUT2D eigenvalue weighted by atomic mass is 19.3. The zero-order valence-corrected chi connectivity index (χ0v) is 25.0. The lowest BCUT2D eigenvalue weighted by Crippen LogP contribution is -2.25. The van der Waals surface area contributed by atoms with Gasteiger partial charge in [-0.3, -0.25) is 4.79 Å². The van der Waals surface area contributed by atoms with Gasteiger partial charge in [0.15, 0.2) is 11.5 Å². The second-order valence-corrected chi connectivity index (χ2v) is 11.8. The van der Waals surface area contributed by atoms with E-state index in [9.17, 15) is 27.2 Å². The molecule has 13 heteroatoms. The zero-order valence-electron chi connectivity index (χ0n) is 25.0. The minimum Gasteiger partial charge on any atom is -0.484 e. The summed E-state index contributed by atoms with van der Waals surface area (Å²) in [7, 11) is 0. The molecule has 1 aliphatic carbocycles. The number of ether oxygens (including phenoxy) is 4. The second-order valence-electron chi connectivity index (χ2n) is 11.8. The lowest BCUT2D eigenvalue weighted by atomic mass is 9.93. The molecule has 1 N–H and O–H groups in total. The SMILES string of the molecule is CC(C)(C)OC(=O)c1ccc(OC2CCCc3c(C(F)F)nn(-c4cccc(C(=O)Nc5ccc6c(c5)OC(F)(F)O6)c4)c32)cc1. The van der Waals surface area contributed by atoms with Gasteiger partial charge in [-0.15, -0.1) is 8.78 Å². The topological polar surface area (TPSA) is 101 Å². The van der Waals surface area contributed by atoms with Crippen LogP contribution in [0.15, 0.2) is 66.7 Å². The Balaban J connectivity index is 1.26. The van der Waals surface area contributed by atoms with Crippen LogP contribution in [-0.2, 0) is 11.2 Å². The molecule has 1 aliphatic heterocycles. The first kappa shape index (κ1) is 30.9. The predicted octanol–water partition coefficient (Wildman–Crippen LogP) is 7.80.